The van der Waals surface area contributed by atoms with Gasteiger partial charge in [-0.25, -0.2) is 8.78 Å². The fourth-order valence-corrected chi connectivity index (χ4v) is 2.79. The number of hydrogen-bond acceptors (Lipinski definition) is 4. The van der Waals surface area contributed by atoms with Crippen molar-refractivity contribution in [2.24, 2.45) is 0 Å². The second-order valence-electron chi connectivity index (χ2n) is 5.96. The second kappa shape index (κ2) is 7.51. The van der Waals surface area contributed by atoms with Gasteiger partial charge in [-0.1, -0.05) is 5.16 Å². The van der Waals surface area contributed by atoms with E-state index in [2.05, 4.69) is 5.16 Å². The van der Waals surface area contributed by atoms with Crippen LogP contribution in [-0.4, -0.2) is 11.1 Å². The van der Waals surface area contributed by atoms with E-state index >= 15 is 0 Å². The summed E-state index contributed by atoms with van der Waals surface area (Å²) < 4.78 is 37.8. The highest BCUT2D eigenvalue weighted by Gasteiger charge is 2.22. The third kappa shape index (κ3) is 3.82. The highest BCUT2D eigenvalue weighted by atomic mass is 19.1. The molecule has 0 fully saturated rings. The molecule has 1 aromatic carbocycles. The van der Waals surface area contributed by atoms with Gasteiger partial charge in [0.15, 0.2) is 0 Å². The quantitative estimate of drug-likeness (QED) is 0.656. The summed E-state index contributed by atoms with van der Waals surface area (Å²) in [5, 5.41) is 3.87. The van der Waals surface area contributed by atoms with Crippen LogP contribution in [0.4, 0.5) is 14.5 Å². The van der Waals surface area contributed by atoms with Crippen LogP contribution in [0.1, 0.15) is 29.2 Å². The minimum absolute atomic E-state index is 0.00608. The van der Waals surface area contributed by atoms with Crippen LogP contribution in [0.3, 0.4) is 0 Å². The Balaban J connectivity index is 1.83. The van der Waals surface area contributed by atoms with Gasteiger partial charge in [-0.2, -0.15) is 0 Å². The molecule has 0 N–H and O–H groups in total. The molecule has 0 radical (unpaired) electrons. The first-order valence-corrected chi connectivity index (χ1v) is 8.15. The maximum atomic E-state index is 14.2. The number of benzene rings is 1. The lowest BCUT2D eigenvalue weighted by atomic mass is 10.1. The maximum absolute atomic E-state index is 14.2. The molecule has 0 saturated carbocycles. The fraction of sp³-hybridized carbons (Fsp3) is 0.263. The molecule has 26 heavy (non-hydrogen) atoms. The number of hydrogen-bond donors (Lipinski definition) is 0. The molecule has 0 bridgehead atoms. The number of rotatable bonds is 6. The summed E-state index contributed by atoms with van der Waals surface area (Å²) in [7, 11) is 0. The highest BCUT2D eigenvalue weighted by Crippen LogP contribution is 2.24. The van der Waals surface area contributed by atoms with Crippen LogP contribution in [0, 0.1) is 25.5 Å². The number of carbonyl (C=O) groups excluding carboxylic acids is 1. The Bertz CT molecular complexity index is 884. The van der Waals surface area contributed by atoms with Gasteiger partial charge < -0.3 is 13.8 Å². The third-order valence-electron chi connectivity index (χ3n) is 4.17. The Morgan fingerprint density at radius 2 is 2.04 bits per heavy atom. The van der Waals surface area contributed by atoms with E-state index in [1.165, 1.54) is 17.2 Å². The highest BCUT2D eigenvalue weighted by molar-refractivity contribution is 5.93. The van der Waals surface area contributed by atoms with Gasteiger partial charge in [-0.3, -0.25) is 4.79 Å². The lowest BCUT2D eigenvalue weighted by Gasteiger charge is -2.22. The first-order valence-electron chi connectivity index (χ1n) is 8.15. The molecule has 0 spiro atoms. The van der Waals surface area contributed by atoms with Crippen LogP contribution in [0.2, 0.25) is 0 Å². The average Bonchev–Trinajstić information content (AvgIpc) is 3.22. The molecule has 0 aliphatic rings. The molecule has 2 heterocycles. The van der Waals surface area contributed by atoms with E-state index in [4.69, 9.17) is 8.94 Å². The van der Waals surface area contributed by atoms with Gasteiger partial charge in [0.25, 0.3) is 0 Å². The van der Waals surface area contributed by atoms with Gasteiger partial charge in [0, 0.05) is 18.1 Å². The van der Waals surface area contributed by atoms with E-state index in [9.17, 15) is 13.6 Å². The fourth-order valence-electron chi connectivity index (χ4n) is 2.79. The van der Waals surface area contributed by atoms with Gasteiger partial charge in [0.1, 0.15) is 23.2 Å². The lowest BCUT2D eigenvalue weighted by Crippen LogP contribution is -2.31. The topological polar surface area (TPSA) is 59.5 Å². The smallest absolute Gasteiger partial charge is 0.227 e. The molecule has 0 unspecified atom stereocenters. The Kier molecular flexibility index (Phi) is 5.16. The normalized spacial score (nSPS) is 10.9. The number of aryl methyl sites for hydroxylation is 2. The van der Waals surface area contributed by atoms with Gasteiger partial charge in [-0.15, -0.1) is 0 Å². The Morgan fingerprint density at radius 1 is 1.23 bits per heavy atom. The molecule has 3 aromatic rings. The summed E-state index contributed by atoms with van der Waals surface area (Å²) in [6.45, 7) is 3.63. The number of anilines is 1. The monoisotopic (exact) mass is 360 g/mol. The molecule has 0 atom stereocenters. The van der Waals surface area contributed by atoms with Crippen molar-refractivity contribution in [1.29, 1.82) is 0 Å². The predicted molar refractivity (Wildman–Crippen MR) is 90.6 cm³/mol. The van der Waals surface area contributed by atoms with Crippen molar-refractivity contribution in [2.75, 3.05) is 4.90 Å². The van der Waals surface area contributed by atoms with Gasteiger partial charge >= 0.3 is 0 Å². The number of amides is 1. The molecule has 5 nitrogen and oxygen atoms in total. The number of halogens is 2. The van der Waals surface area contributed by atoms with Crippen LogP contribution in [0.5, 0.6) is 0 Å². The summed E-state index contributed by atoms with van der Waals surface area (Å²) in [5.41, 5.74) is 1.59. The Labute approximate surface area is 149 Å². The van der Waals surface area contributed by atoms with Gasteiger partial charge in [0.05, 0.1) is 24.2 Å². The van der Waals surface area contributed by atoms with E-state index in [1.807, 2.05) is 0 Å². The first-order chi connectivity index (χ1) is 12.5. The zero-order chi connectivity index (χ0) is 18.7. The third-order valence-corrected chi connectivity index (χ3v) is 4.17. The first kappa shape index (κ1) is 17.8. The molecule has 0 saturated heterocycles. The molecule has 1 amide bonds. The molecule has 2 aromatic heterocycles. The Hall–Kier alpha value is -2.96. The van der Waals surface area contributed by atoms with Crippen molar-refractivity contribution in [3.63, 3.8) is 0 Å². The SMILES string of the molecule is Cc1noc(C)c1CCC(=O)N(Cc1ccco1)c1ccc(F)cc1F. The average molecular weight is 360 g/mol. The minimum Gasteiger partial charge on any atom is -0.467 e. The van der Waals surface area contributed by atoms with Crippen LogP contribution in [-0.2, 0) is 17.8 Å². The van der Waals surface area contributed by atoms with Crippen molar-refractivity contribution in [1.82, 2.24) is 5.16 Å². The van der Waals surface area contributed by atoms with Crippen molar-refractivity contribution in [2.45, 2.75) is 33.2 Å². The van der Waals surface area contributed by atoms with E-state index in [0.29, 0.717) is 17.9 Å². The van der Waals surface area contributed by atoms with E-state index < -0.39 is 11.6 Å². The van der Waals surface area contributed by atoms with Crippen molar-refractivity contribution >= 4 is 11.6 Å². The number of furan rings is 1. The second-order valence-corrected chi connectivity index (χ2v) is 5.96. The minimum atomic E-state index is -0.803. The predicted octanol–water partition coefficient (Wildman–Crippen LogP) is 4.33. The maximum Gasteiger partial charge on any atom is 0.227 e. The van der Waals surface area contributed by atoms with Crippen LogP contribution in [0.25, 0.3) is 0 Å². The number of carbonyl (C=O) groups is 1. The van der Waals surface area contributed by atoms with Crippen molar-refractivity contribution < 1.29 is 22.5 Å². The van der Waals surface area contributed by atoms with Crippen LogP contribution in [0.15, 0.2) is 45.5 Å². The van der Waals surface area contributed by atoms with Crippen LogP contribution < -0.4 is 4.90 Å². The molecule has 136 valence electrons. The molecular formula is C19H18F2N2O3. The number of nitrogens with zero attached hydrogens (tertiary/aromatic N) is 2. The van der Waals surface area contributed by atoms with Crippen LogP contribution >= 0.6 is 0 Å². The van der Waals surface area contributed by atoms with Gasteiger partial charge in [-0.05, 0) is 44.5 Å². The molecule has 7 heteroatoms. The molecule has 3 rings (SSSR count). The van der Waals surface area contributed by atoms with E-state index in [1.54, 1.807) is 26.0 Å². The summed E-state index contributed by atoms with van der Waals surface area (Å²) >= 11 is 0. The molecule has 0 aliphatic heterocycles. The standard InChI is InChI=1S/C19H18F2N2O3/c1-12-16(13(2)26-22-12)6-8-19(24)23(11-15-4-3-9-25-15)18-7-5-14(20)10-17(18)21/h3-5,7,9-10H,6,8,11H2,1-2H3. The van der Waals surface area contributed by atoms with E-state index in [-0.39, 0.29) is 24.6 Å². The number of aromatic nitrogens is 1. The summed E-state index contributed by atoms with van der Waals surface area (Å²) in [6.07, 6.45) is 2.01. The summed E-state index contributed by atoms with van der Waals surface area (Å²) in [5.74, 6) is -0.665. The van der Waals surface area contributed by atoms with Gasteiger partial charge in [0.2, 0.25) is 5.91 Å². The zero-order valence-electron chi connectivity index (χ0n) is 14.5. The summed E-state index contributed by atoms with van der Waals surface area (Å²) in [4.78, 5) is 14.1. The summed E-state index contributed by atoms with van der Waals surface area (Å²) in [6, 6.07) is 6.50. The Morgan fingerprint density at radius 3 is 2.65 bits per heavy atom. The molecule has 0 aliphatic carbocycles. The largest absolute Gasteiger partial charge is 0.467 e. The van der Waals surface area contributed by atoms with Crippen molar-refractivity contribution in [3.05, 3.63) is 71.0 Å². The van der Waals surface area contributed by atoms with E-state index in [0.717, 1.165) is 23.4 Å². The zero-order valence-corrected chi connectivity index (χ0v) is 14.5. The molecular weight excluding hydrogens is 342 g/mol. The lowest BCUT2D eigenvalue weighted by molar-refractivity contribution is -0.118. The van der Waals surface area contributed by atoms with Crippen molar-refractivity contribution in [3.8, 4) is 0 Å².